The maximum Gasteiger partial charge on any atom is 0.251 e. The van der Waals surface area contributed by atoms with Gasteiger partial charge in [-0.25, -0.2) is 13.1 Å². The Morgan fingerprint density at radius 1 is 1.04 bits per heavy atom. The largest absolute Gasteiger partial charge is 0.348 e. The molecule has 0 heterocycles. The highest BCUT2D eigenvalue weighted by molar-refractivity contribution is 7.89. The summed E-state index contributed by atoms with van der Waals surface area (Å²) < 4.78 is 27.1. The van der Waals surface area contributed by atoms with Gasteiger partial charge >= 0.3 is 0 Å². The summed E-state index contributed by atoms with van der Waals surface area (Å²) in [6, 6.07) is 13.8. The second kappa shape index (κ2) is 7.37. The van der Waals surface area contributed by atoms with E-state index in [-0.39, 0.29) is 10.8 Å². The van der Waals surface area contributed by atoms with Crippen molar-refractivity contribution in [1.29, 1.82) is 0 Å². The van der Waals surface area contributed by atoms with Crippen LogP contribution in [0.15, 0.2) is 53.4 Å². The first-order valence-corrected chi connectivity index (χ1v) is 9.53. The highest BCUT2D eigenvalue weighted by Crippen LogP contribution is 2.14. The van der Waals surface area contributed by atoms with Gasteiger partial charge < -0.3 is 5.32 Å². The van der Waals surface area contributed by atoms with Crippen molar-refractivity contribution in [1.82, 2.24) is 10.0 Å². The maximum atomic E-state index is 12.3. The summed E-state index contributed by atoms with van der Waals surface area (Å²) in [5.41, 5.74) is 2.00. The SMILES string of the molecule is Cc1cccc(CNC(=O)c2ccc(S(=O)(=O)NC(C)(C)C)cc2)c1. The van der Waals surface area contributed by atoms with Gasteiger partial charge in [-0.15, -0.1) is 0 Å². The molecule has 2 aromatic carbocycles. The lowest BCUT2D eigenvalue weighted by Gasteiger charge is -2.20. The van der Waals surface area contributed by atoms with Gasteiger partial charge in [-0.05, 0) is 57.5 Å². The predicted molar refractivity (Wildman–Crippen MR) is 98.9 cm³/mol. The molecule has 2 aromatic rings. The average molecular weight is 360 g/mol. The van der Waals surface area contributed by atoms with Gasteiger partial charge in [-0.1, -0.05) is 29.8 Å². The monoisotopic (exact) mass is 360 g/mol. The minimum atomic E-state index is -3.60. The molecule has 0 radical (unpaired) electrons. The smallest absolute Gasteiger partial charge is 0.251 e. The number of sulfonamides is 1. The number of rotatable bonds is 5. The molecule has 0 unspecified atom stereocenters. The summed E-state index contributed by atoms with van der Waals surface area (Å²) in [5.74, 6) is -0.241. The highest BCUT2D eigenvalue weighted by Gasteiger charge is 2.22. The third-order valence-electron chi connectivity index (χ3n) is 3.40. The zero-order valence-electron chi connectivity index (χ0n) is 15.0. The Hall–Kier alpha value is -2.18. The van der Waals surface area contributed by atoms with Crippen molar-refractivity contribution in [3.63, 3.8) is 0 Å². The lowest BCUT2D eigenvalue weighted by atomic mass is 10.1. The van der Waals surface area contributed by atoms with E-state index in [1.165, 1.54) is 24.3 Å². The molecule has 5 nitrogen and oxygen atoms in total. The van der Waals surface area contributed by atoms with Crippen LogP contribution in [0.1, 0.15) is 42.3 Å². The van der Waals surface area contributed by atoms with Crippen molar-refractivity contribution in [2.24, 2.45) is 0 Å². The van der Waals surface area contributed by atoms with Crippen LogP contribution in [-0.2, 0) is 16.6 Å². The molecule has 0 bridgehead atoms. The maximum absolute atomic E-state index is 12.3. The van der Waals surface area contributed by atoms with Crippen LogP contribution < -0.4 is 10.0 Å². The Balaban J connectivity index is 2.05. The Bertz CT molecular complexity index is 851. The van der Waals surface area contributed by atoms with Crippen molar-refractivity contribution in [2.45, 2.75) is 44.7 Å². The van der Waals surface area contributed by atoms with Gasteiger partial charge in [0.2, 0.25) is 10.0 Å². The average Bonchev–Trinajstić information content (AvgIpc) is 2.50. The van der Waals surface area contributed by atoms with E-state index in [4.69, 9.17) is 0 Å². The van der Waals surface area contributed by atoms with Crippen LogP contribution >= 0.6 is 0 Å². The van der Waals surface area contributed by atoms with Gasteiger partial charge in [0.05, 0.1) is 4.90 Å². The van der Waals surface area contributed by atoms with E-state index in [9.17, 15) is 13.2 Å². The standard InChI is InChI=1S/C19H24N2O3S/c1-14-6-5-7-15(12-14)13-20-18(22)16-8-10-17(11-9-16)25(23,24)21-19(2,3)4/h5-12,21H,13H2,1-4H3,(H,20,22). The molecule has 0 saturated heterocycles. The van der Waals surface area contributed by atoms with Gasteiger partial charge in [-0.2, -0.15) is 0 Å². The second-order valence-corrected chi connectivity index (χ2v) is 8.73. The fourth-order valence-corrected chi connectivity index (χ4v) is 3.77. The molecule has 0 atom stereocenters. The quantitative estimate of drug-likeness (QED) is 0.861. The highest BCUT2D eigenvalue weighted by atomic mass is 32.2. The second-order valence-electron chi connectivity index (χ2n) is 7.05. The summed E-state index contributed by atoms with van der Waals surface area (Å²) in [5, 5.41) is 2.83. The molecule has 6 heteroatoms. The van der Waals surface area contributed by atoms with Gasteiger partial charge in [-0.3, -0.25) is 4.79 Å². The predicted octanol–water partition coefficient (Wildman–Crippen LogP) is 3.00. The first-order valence-electron chi connectivity index (χ1n) is 8.05. The lowest BCUT2D eigenvalue weighted by Crippen LogP contribution is -2.40. The summed E-state index contributed by atoms with van der Waals surface area (Å²) in [6.45, 7) is 7.75. The molecule has 0 aliphatic carbocycles. The number of amides is 1. The van der Waals surface area contributed by atoms with Crippen LogP contribution in [-0.4, -0.2) is 19.9 Å². The Morgan fingerprint density at radius 3 is 2.24 bits per heavy atom. The molecule has 0 spiro atoms. The number of benzene rings is 2. The van der Waals surface area contributed by atoms with E-state index in [1.54, 1.807) is 20.8 Å². The molecule has 0 fully saturated rings. The molecule has 0 saturated carbocycles. The molecule has 0 aromatic heterocycles. The van der Waals surface area contributed by atoms with Crippen molar-refractivity contribution in [3.05, 3.63) is 65.2 Å². The number of hydrogen-bond donors (Lipinski definition) is 2. The summed E-state index contributed by atoms with van der Waals surface area (Å²) in [6.07, 6.45) is 0. The fraction of sp³-hybridized carbons (Fsp3) is 0.316. The molecule has 2 N–H and O–H groups in total. The molecule has 2 rings (SSSR count). The van der Waals surface area contributed by atoms with E-state index < -0.39 is 15.6 Å². The number of hydrogen-bond acceptors (Lipinski definition) is 3. The van der Waals surface area contributed by atoms with E-state index in [0.29, 0.717) is 12.1 Å². The van der Waals surface area contributed by atoms with Gasteiger partial charge in [0.1, 0.15) is 0 Å². The third kappa shape index (κ3) is 5.69. The Labute approximate surface area is 149 Å². The first-order chi connectivity index (χ1) is 11.6. The van der Waals surface area contributed by atoms with Crippen LogP contribution in [0.3, 0.4) is 0 Å². The number of nitrogens with one attached hydrogen (secondary N) is 2. The zero-order chi connectivity index (χ0) is 18.7. The number of aryl methyl sites for hydroxylation is 1. The van der Waals surface area contributed by atoms with Crippen molar-refractivity contribution >= 4 is 15.9 Å². The van der Waals surface area contributed by atoms with E-state index in [2.05, 4.69) is 10.0 Å². The molecular formula is C19H24N2O3S. The molecule has 25 heavy (non-hydrogen) atoms. The van der Waals surface area contributed by atoms with Gasteiger partial charge in [0, 0.05) is 17.6 Å². The summed E-state index contributed by atoms with van der Waals surface area (Å²) in [4.78, 5) is 12.4. The third-order valence-corrected chi connectivity index (χ3v) is 5.18. The summed E-state index contributed by atoms with van der Waals surface area (Å²) >= 11 is 0. The van der Waals surface area contributed by atoms with Crippen LogP contribution in [0.5, 0.6) is 0 Å². The van der Waals surface area contributed by atoms with Crippen molar-refractivity contribution in [3.8, 4) is 0 Å². The van der Waals surface area contributed by atoms with Crippen LogP contribution in [0.2, 0.25) is 0 Å². The topological polar surface area (TPSA) is 75.3 Å². The zero-order valence-corrected chi connectivity index (χ0v) is 15.8. The molecular weight excluding hydrogens is 336 g/mol. The van der Waals surface area contributed by atoms with E-state index in [1.807, 2.05) is 31.2 Å². The lowest BCUT2D eigenvalue weighted by molar-refractivity contribution is 0.0951. The van der Waals surface area contributed by atoms with Crippen LogP contribution in [0, 0.1) is 6.92 Å². The first kappa shape index (κ1) is 19.1. The summed E-state index contributed by atoms with van der Waals surface area (Å²) in [7, 11) is -3.60. The Morgan fingerprint density at radius 2 is 1.68 bits per heavy atom. The van der Waals surface area contributed by atoms with Gasteiger partial charge in [0.25, 0.3) is 5.91 Å². The van der Waals surface area contributed by atoms with Gasteiger partial charge in [0.15, 0.2) is 0 Å². The molecule has 134 valence electrons. The van der Waals surface area contributed by atoms with Crippen LogP contribution in [0.25, 0.3) is 0 Å². The van der Waals surface area contributed by atoms with Crippen molar-refractivity contribution < 1.29 is 13.2 Å². The number of carbonyl (C=O) groups is 1. The molecule has 0 aliphatic heterocycles. The Kier molecular flexibility index (Phi) is 5.65. The minimum Gasteiger partial charge on any atom is -0.348 e. The van der Waals surface area contributed by atoms with E-state index >= 15 is 0 Å². The number of carbonyl (C=O) groups excluding carboxylic acids is 1. The van der Waals surface area contributed by atoms with Crippen LogP contribution in [0.4, 0.5) is 0 Å². The normalized spacial score (nSPS) is 12.0. The molecule has 1 amide bonds. The van der Waals surface area contributed by atoms with E-state index in [0.717, 1.165) is 11.1 Å². The fourth-order valence-electron chi connectivity index (χ4n) is 2.35. The van der Waals surface area contributed by atoms with Crippen molar-refractivity contribution in [2.75, 3.05) is 0 Å². The molecule has 0 aliphatic rings. The minimum absolute atomic E-state index is 0.137.